The number of carbonyl (C=O) groups excluding carboxylic acids is 1. The molecule has 0 radical (unpaired) electrons. The first-order chi connectivity index (χ1) is 11.2. The number of nitrogens with one attached hydrogen (secondary N) is 1. The van der Waals surface area contributed by atoms with E-state index < -0.39 is 22.6 Å². The Morgan fingerprint density at radius 1 is 1.17 bits per heavy atom. The molecule has 1 amide bonds. The number of nitro groups is 1. The van der Waals surface area contributed by atoms with Gasteiger partial charge < -0.3 is 5.32 Å². The molecule has 0 fully saturated rings. The van der Waals surface area contributed by atoms with E-state index in [4.69, 9.17) is 11.6 Å². The summed E-state index contributed by atoms with van der Waals surface area (Å²) in [6, 6.07) is 7.70. The zero-order chi connectivity index (χ0) is 17.9. The van der Waals surface area contributed by atoms with Gasteiger partial charge in [-0.3, -0.25) is 14.9 Å². The first-order valence-electron chi connectivity index (χ1n) is 6.57. The van der Waals surface area contributed by atoms with Crippen molar-refractivity contribution in [3.8, 4) is 0 Å². The molecule has 2 aromatic rings. The summed E-state index contributed by atoms with van der Waals surface area (Å²) >= 11 is 5.84. The third-order valence-electron chi connectivity index (χ3n) is 3.14. The van der Waals surface area contributed by atoms with E-state index in [9.17, 15) is 28.1 Å². The average Bonchev–Trinajstić information content (AvgIpc) is 2.52. The molecule has 0 saturated carbocycles. The van der Waals surface area contributed by atoms with Crippen LogP contribution in [0.2, 0.25) is 5.02 Å². The summed E-state index contributed by atoms with van der Waals surface area (Å²) in [6.45, 7) is -0.0456. The second-order valence-corrected chi connectivity index (χ2v) is 5.21. The highest BCUT2D eigenvalue weighted by Gasteiger charge is 2.29. The normalized spacial score (nSPS) is 11.2. The molecular weight excluding hydrogens is 349 g/mol. The molecule has 0 aliphatic heterocycles. The van der Waals surface area contributed by atoms with Gasteiger partial charge in [0, 0.05) is 18.7 Å². The molecule has 0 aromatic heterocycles. The number of alkyl halides is 3. The van der Waals surface area contributed by atoms with E-state index in [1.54, 1.807) is 0 Å². The van der Waals surface area contributed by atoms with Gasteiger partial charge in [-0.1, -0.05) is 23.7 Å². The van der Waals surface area contributed by atoms with Crippen molar-refractivity contribution in [1.82, 2.24) is 5.32 Å². The lowest BCUT2D eigenvalue weighted by molar-refractivity contribution is -0.384. The molecule has 1 N–H and O–H groups in total. The van der Waals surface area contributed by atoms with Crippen LogP contribution in [0.25, 0.3) is 0 Å². The molecule has 0 unspecified atom stereocenters. The van der Waals surface area contributed by atoms with Gasteiger partial charge >= 0.3 is 6.18 Å². The minimum absolute atomic E-state index is 0.0329. The molecule has 2 aromatic carbocycles. The predicted octanol–water partition coefficient (Wildman–Crippen LogP) is 4.20. The largest absolute Gasteiger partial charge is 0.416 e. The zero-order valence-electron chi connectivity index (χ0n) is 11.9. The van der Waals surface area contributed by atoms with Crippen molar-refractivity contribution in [2.75, 3.05) is 0 Å². The standard InChI is InChI=1S/C15H10ClF3N2O3/c16-13-6-5-11(21(23)24)7-12(13)14(22)20-8-9-1-3-10(4-2-9)15(17,18)19/h1-7H,8H2,(H,20,22). The van der Waals surface area contributed by atoms with Gasteiger partial charge in [0.25, 0.3) is 11.6 Å². The second kappa shape index (κ2) is 6.88. The quantitative estimate of drug-likeness (QED) is 0.657. The third kappa shape index (κ3) is 4.23. The summed E-state index contributed by atoms with van der Waals surface area (Å²) in [7, 11) is 0. The maximum atomic E-state index is 12.5. The van der Waals surface area contributed by atoms with E-state index in [0.29, 0.717) is 5.56 Å². The van der Waals surface area contributed by atoms with Crippen LogP contribution in [-0.4, -0.2) is 10.8 Å². The third-order valence-corrected chi connectivity index (χ3v) is 3.47. The second-order valence-electron chi connectivity index (χ2n) is 4.80. The van der Waals surface area contributed by atoms with Gasteiger partial charge in [0.1, 0.15) is 0 Å². The van der Waals surface area contributed by atoms with Crippen LogP contribution in [0, 0.1) is 10.1 Å². The minimum atomic E-state index is -4.43. The van der Waals surface area contributed by atoms with E-state index in [2.05, 4.69) is 5.32 Å². The lowest BCUT2D eigenvalue weighted by Gasteiger charge is -2.09. The fourth-order valence-corrected chi connectivity index (χ4v) is 2.09. The van der Waals surface area contributed by atoms with Crippen molar-refractivity contribution in [2.24, 2.45) is 0 Å². The van der Waals surface area contributed by atoms with Crippen LogP contribution < -0.4 is 5.32 Å². The monoisotopic (exact) mass is 358 g/mol. The number of non-ortho nitro benzene ring substituents is 1. The predicted molar refractivity (Wildman–Crippen MR) is 80.7 cm³/mol. The molecule has 0 spiro atoms. The summed E-state index contributed by atoms with van der Waals surface area (Å²) in [6.07, 6.45) is -4.43. The zero-order valence-corrected chi connectivity index (χ0v) is 12.7. The molecule has 0 heterocycles. The van der Waals surface area contributed by atoms with Crippen LogP contribution in [0.15, 0.2) is 42.5 Å². The summed E-state index contributed by atoms with van der Waals surface area (Å²) in [5, 5.41) is 13.2. The maximum absolute atomic E-state index is 12.5. The van der Waals surface area contributed by atoms with E-state index >= 15 is 0 Å². The summed E-state index contributed by atoms with van der Waals surface area (Å²) in [5.74, 6) is -0.663. The first kappa shape index (κ1) is 17.7. The Kier molecular flexibility index (Phi) is 5.08. The van der Waals surface area contributed by atoms with Crippen LogP contribution in [0.4, 0.5) is 18.9 Å². The molecule has 2 rings (SSSR count). The Morgan fingerprint density at radius 2 is 1.79 bits per heavy atom. The number of carbonyl (C=O) groups is 1. The van der Waals surface area contributed by atoms with Gasteiger partial charge in [-0.05, 0) is 23.8 Å². The van der Waals surface area contributed by atoms with Gasteiger partial charge in [0.2, 0.25) is 0 Å². The molecule has 9 heteroatoms. The van der Waals surface area contributed by atoms with Crippen LogP contribution in [0.1, 0.15) is 21.5 Å². The van der Waals surface area contributed by atoms with Crippen molar-refractivity contribution in [3.05, 3.63) is 74.3 Å². The van der Waals surface area contributed by atoms with E-state index in [1.807, 2.05) is 0 Å². The molecule has 0 aliphatic rings. The first-order valence-corrected chi connectivity index (χ1v) is 6.94. The Bertz CT molecular complexity index is 777. The summed E-state index contributed by atoms with van der Waals surface area (Å²) < 4.78 is 37.4. The van der Waals surface area contributed by atoms with E-state index in [0.717, 1.165) is 24.3 Å². The summed E-state index contributed by atoms with van der Waals surface area (Å²) in [4.78, 5) is 22.1. The van der Waals surface area contributed by atoms with Crippen molar-refractivity contribution in [3.63, 3.8) is 0 Å². The number of hydrogen-bond donors (Lipinski definition) is 1. The molecule has 0 saturated heterocycles. The highest BCUT2D eigenvalue weighted by atomic mass is 35.5. The van der Waals surface area contributed by atoms with Gasteiger partial charge in [0.05, 0.1) is 21.1 Å². The van der Waals surface area contributed by atoms with Crippen LogP contribution >= 0.6 is 11.6 Å². The van der Waals surface area contributed by atoms with Gasteiger partial charge in [0.15, 0.2) is 0 Å². The van der Waals surface area contributed by atoms with Crippen LogP contribution in [0.3, 0.4) is 0 Å². The molecule has 0 bridgehead atoms. The lowest BCUT2D eigenvalue weighted by atomic mass is 10.1. The fourth-order valence-electron chi connectivity index (χ4n) is 1.89. The maximum Gasteiger partial charge on any atom is 0.416 e. The lowest BCUT2D eigenvalue weighted by Crippen LogP contribution is -2.23. The van der Waals surface area contributed by atoms with Crippen molar-refractivity contribution < 1.29 is 22.9 Å². The molecule has 0 atom stereocenters. The Hall–Kier alpha value is -2.61. The number of hydrogen-bond acceptors (Lipinski definition) is 3. The Labute approximate surface area is 139 Å². The number of rotatable bonds is 4. The topological polar surface area (TPSA) is 72.2 Å². The number of nitro benzene ring substituents is 1. The Balaban J connectivity index is 2.08. The highest BCUT2D eigenvalue weighted by molar-refractivity contribution is 6.33. The number of nitrogens with zero attached hydrogens (tertiary/aromatic N) is 1. The van der Waals surface area contributed by atoms with Crippen LogP contribution in [0.5, 0.6) is 0 Å². The van der Waals surface area contributed by atoms with E-state index in [-0.39, 0.29) is 22.8 Å². The van der Waals surface area contributed by atoms with Gasteiger partial charge in [-0.2, -0.15) is 13.2 Å². The van der Waals surface area contributed by atoms with Crippen molar-refractivity contribution >= 4 is 23.2 Å². The molecule has 126 valence electrons. The smallest absolute Gasteiger partial charge is 0.348 e. The van der Waals surface area contributed by atoms with Crippen molar-refractivity contribution in [1.29, 1.82) is 0 Å². The molecule has 5 nitrogen and oxygen atoms in total. The SMILES string of the molecule is O=C(NCc1ccc(C(F)(F)F)cc1)c1cc([N+](=O)[O-])ccc1Cl. The van der Waals surface area contributed by atoms with Gasteiger partial charge in [-0.25, -0.2) is 0 Å². The van der Waals surface area contributed by atoms with Crippen LogP contribution in [-0.2, 0) is 12.7 Å². The van der Waals surface area contributed by atoms with Crippen molar-refractivity contribution in [2.45, 2.75) is 12.7 Å². The average molecular weight is 359 g/mol. The molecular formula is C15H10ClF3N2O3. The minimum Gasteiger partial charge on any atom is -0.348 e. The molecule has 24 heavy (non-hydrogen) atoms. The summed E-state index contributed by atoms with van der Waals surface area (Å²) in [5.41, 5.74) is -0.728. The molecule has 0 aliphatic carbocycles. The number of halogens is 4. The Morgan fingerprint density at radius 3 is 2.33 bits per heavy atom. The van der Waals surface area contributed by atoms with Gasteiger partial charge in [-0.15, -0.1) is 0 Å². The highest BCUT2D eigenvalue weighted by Crippen LogP contribution is 2.29. The number of amides is 1. The number of benzene rings is 2. The fraction of sp³-hybridized carbons (Fsp3) is 0.133. The van der Waals surface area contributed by atoms with E-state index in [1.165, 1.54) is 18.2 Å².